The third kappa shape index (κ3) is 2.93. The summed E-state index contributed by atoms with van der Waals surface area (Å²) >= 11 is 1.35. The van der Waals surface area contributed by atoms with Crippen molar-refractivity contribution in [2.24, 2.45) is 0 Å². The number of anilines is 1. The van der Waals surface area contributed by atoms with E-state index in [4.69, 9.17) is 5.26 Å². The van der Waals surface area contributed by atoms with Gasteiger partial charge in [0.05, 0.1) is 11.8 Å². The van der Waals surface area contributed by atoms with Gasteiger partial charge in [-0.15, -0.1) is 11.3 Å². The van der Waals surface area contributed by atoms with Crippen LogP contribution in [0.5, 0.6) is 0 Å². The van der Waals surface area contributed by atoms with Crippen LogP contribution in [0, 0.1) is 18.3 Å². The summed E-state index contributed by atoms with van der Waals surface area (Å²) in [5.74, 6) is -0.331. The molecule has 1 N–H and O–H groups in total. The van der Waals surface area contributed by atoms with E-state index in [0.29, 0.717) is 5.13 Å². The number of benzene rings is 1. The summed E-state index contributed by atoms with van der Waals surface area (Å²) in [6.07, 6.45) is -0.153. The number of hydrogen-bond donors (Lipinski definition) is 1. The molecular weight excluding hydrogens is 246 g/mol. The Kier molecular flexibility index (Phi) is 3.70. The number of nitrogens with zero attached hydrogens (tertiary/aromatic N) is 2. The first-order chi connectivity index (χ1) is 8.69. The van der Waals surface area contributed by atoms with E-state index in [0.717, 1.165) is 11.3 Å². The number of carbonyl (C=O) groups is 1. The van der Waals surface area contributed by atoms with Crippen LogP contribution in [0.3, 0.4) is 0 Å². The Hall–Kier alpha value is -2.19. The van der Waals surface area contributed by atoms with Crippen LogP contribution in [0.1, 0.15) is 12.0 Å². The third-order valence-corrected chi connectivity index (χ3v) is 3.10. The molecule has 1 amide bonds. The molecule has 2 aromatic rings. The Bertz CT molecular complexity index is 595. The molecule has 1 aromatic carbocycles. The molecule has 0 unspecified atom stereocenters. The second-order valence-corrected chi connectivity index (χ2v) is 4.65. The fourth-order valence-corrected chi connectivity index (χ4v) is 2.16. The molecule has 0 spiro atoms. The molecule has 5 heteroatoms. The maximum Gasteiger partial charge on any atom is 0.240 e. The maximum absolute atomic E-state index is 11.2. The molecule has 0 fully saturated rings. The monoisotopic (exact) mass is 257 g/mol. The lowest BCUT2D eigenvalue weighted by molar-refractivity contribution is -0.115. The molecule has 1 heterocycles. The van der Waals surface area contributed by atoms with Gasteiger partial charge in [-0.3, -0.25) is 4.79 Å². The summed E-state index contributed by atoms with van der Waals surface area (Å²) in [4.78, 5) is 15.5. The highest BCUT2D eigenvalue weighted by molar-refractivity contribution is 7.14. The first-order valence-electron chi connectivity index (χ1n) is 5.38. The summed E-state index contributed by atoms with van der Waals surface area (Å²) in [6, 6.07) is 9.81. The molecule has 2 rings (SSSR count). The summed E-state index contributed by atoms with van der Waals surface area (Å²) in [5.41, 5.74) is 3.03. The van der Waals surface area contributed by atoms with E-state index < -0.39 is 0 Å². The molecule has 1 aromatic heterocycles. The van der Waals surface area contributed by atoms with Crippen LogP contribution in [0.15, 0.2) is 29.6 Å². The molecular formula is C13H11N3OS. The Morgan fingerprint density at radius 3 is 2.83 bits per heavy atom. The van der Waals surface area contributed by atoms with Crippen molar-refractivity contribution in [1.29, 1.82) is 5.26 Å². The average molecular weight is 257 g/mol. The Balaban J connectivity index is 2.13. The lowest BCUT2D eigenvalue weighted by Gasteiger charge is -1.98. The van der Waals surface area contributed by atoms with Gasteiger partial charge in [0, 0.05) is 10.9 Å². The summed E-state index contributed by atoms with van der Waals surface area (Å²) < 4.78 is 0. The number of nitriles is 1. The van der Waals surface area contributed by atoms with E-state index >= 15 is 0 Å². The Morgan fingerprint density at radius 1 is 1.44 bits per heavy atom. The van der Waals surface area contributed by atoms with Crippen LogP contribution in [0.4, 0.5) is 5.13 Å². The second-order valence-electron chi connectivity index (χ2n) is 3.79. The van der Waals surface area contributed by atoms with E-state index in [1.165, 1.54) is 16.9 Å². The van der Waals surface area contributed by atoms with Gasteiger partial charge in [-0.05, 0) is 6.92 Å². The van der Waals surface area contributed by atoms with Crippen LogP contribution in [0.2, 0.25) is 0 Å². The maximum atomic E-state index is 11.2. The zero-order valence-electron chi connectivity index (χ0n) is 9.80. The van der Waals surface area contributed by atoms with Gasteiger partial charge in [-0.2, -0.15) is 5.26 Å². The fraction of sp³-hybridized carbons (Fsp3) is 0.154. The van der Waals surface area contributed by atoms with Crippen molar-refractivity contribution >= 4 is 22.4 Å². The lowest BCUT2D eigenvalue weighted by atomic mass is 10.1. The molecule has 0 bridgehead atoms. The van der Waals surface area contributed by atoms with Gasteiger partial charge in [0.15, 0.2) is 5.13 Å². The predicted molar refractivity (Wildman–Crippen MR) is 71.1 cm³/mol. The van der Waals surface area contributed by atoms with Gasteiger partial charge < -0.3 is 5.32 Å². The van der Waals surface area contributed by atoms with Crippen molar-refractivity contribution < 1.29 is 4.79 Å². The predicted octanol–water partition coefficient (Wildman–Crippen LogP) is 2.97. The van der Waals surface area contributed by atoms with Crippen LogP contribution < -0.4 is 5.32 Å². The zero-order valence-corrected chi connectivity index (χ0v) is 10.6. The smallest absolute Gasteiger partial charge is 0.240 e. The molecule has 0 saturated carbocycles. The molecule has 0 aliphatic rings. The minimum absolute atomic E-state index is 0.153. The molecule has 0 atom stereocenters. The van der Waals surface area contributed by atoms with Gasteiger partial charge >= 0.3 is 0 Å². The first-order valence-corrected chi connectivity index (χ1v) is 6.26. The highest BCUT2D eigenvalue weighted by atomic mass is 32.1. The molecule has 4 nitrogen and oxygen atoms in total. The number of hydrogen-bond acceptors (Lipinski definition) is 4. The van der Waals surface area contributed by atoms with Gasteiger partial charge in [0.25, 0.3) is 0 Å². The molecule has 0 radical (unpaired) electrons. The van der Waals surface area contributed by atoms with E-state index in [1.807, 2.05) is 36.6 Å². The number of carbonyl (C=O) groups excluding carboxylic acids is 1. The second kappa shape index (κ2) is 5.43. The summed E-state index contributed by atoms with van der Waals surface area (Å²) in [6.45, 7) is 2.03. The number of nitrogens with one attached hydrogen (secondary N) is 1. The standard InChI is InChI=1S/C13H11N3OS/c1-9-2-4-10(5-3-9)11-8-18-13(15-11)16-12(17)6-7-14/h2-5,8H,6H2,1H3,(H,15,16,17). The van der Waals surface area contributed by atoms with Crippen molar-refractivity contribution in [3.8, 4) is 17.3 Å². The van der Waals surface area contributed by atoms with Crippen molar-refractivity contribution in [2.45, 2.75) is 13.3 Å². The molecule has 18 heavy (non-hydrogen) atoms. The topological polar surface area (TPSA) is 65.8 Å². The van der Waals surface area contributed by atoms with Crippen molar-refractivity contribution in [1.82, 2.24) is 4.98 Å². The number of thiazole rings is 1. The molecule has 0 aliphatic carbocycles. The molecule has 0 saturated heterocycles. The number of aromatic nitrogens is 1. The van der Waals surface area contributed by atoms with Crippen LogP contribution in [-0.2, 0) is 4.79 Å². The Morgan fingerprint density at radius 2 is 2.17 bits per heavy atom. The highest BCUT2D eigenvalue weighted by Crippen LogP contribution is 2.25. The zero-order chi connectivity index (χ0) is 13.0. The van der Waals surface area contributed by atoms with Gasteiger partial charge in [-0.1, -0.05) is 29.8 Å². The molecule has 0 aliphatic heterocycles. The van der Waals surface area contributed by atoms with Crippen molar-refractivity contribution in [3.63, 3.8) is 0 Å². The minimum Gasteiger partial charge on any atom is -0.301 e. The van der Waals surface area contributed by atoms with Gasteiger partial charge in [0.2, 0.25) is 5.91 Å². The van der Waals surface area contributed by atoms with E-state index in [1.54, 1.807) is 6.07 Å². The van der Waals surface area contributed by atoms with Gasteiger partial charge in [-0.25, -0.2) is 4.98 Å². The quantitative estimate of drug-likeness (QED) is 0.919. The SMILES string of the molecule is Cc1ccc(-c2csc(NC(=O)CC#N)n2)cc1. The number of amides is 1. The first kappa shape index (κ1) is 12.3. The highest BCUT2D eigenvalue weighted by Gasteiger charge is 2.07. The third-order valence-electron chi connectivity index (χ3n) is 2.34. The summed E-state index contributed by atoms with van der Waals surface area (Å²) in [5, 5.41) is 13.4. The van der Waals surface area contributed by atoms with Crippen molar-refractivity contribution in [2.75, 3.05) is 5.32 Å². The largest absolute Gasteiger partial charge is 0.301 e. The van der Waals surface area contributed by atoms with Crippen molar-refractivity contribution in [3.05, 3.63) is 35.2 Å². The van der Waals surface area contributed by atoms with Crippen LogP contribution >= 0.6 is 11.3 Å². The Labute approximate surface area is 109 Å². The van der Waals surface area contributed by atoms with E-state index in [9.17, 15) is 4.79 Å². The number of aryl methyl sites for hydroxylation is 1. The van der Waals surface area contributed by atoms with Crippen LogP contribution in [0.25, 0.3) is 11.3 Å². The fourth-order valence-electron chi connectivity index (χ4n) is 1.42. The molecule has 90 valence electrons. The normalized spacial score (nSPS) is 9.78. The number of rotatable bonds is 3. The van der Waals surface area contributed by atoms with Crippen LogP contribution in [-0.4, -0.2) is 10.9 Å². The van der Waals surface area contributed by atoms with E-state index in [-0.39, 0.29) is 12.3 Å². The minimum atomic E-state index is -0.331. The average Bonchev–Trinajstić information content (AvgIpc) is 2.78. The summed E-state index contributed by atoms with van der Waals surface area (Å²) in [7, 11) is 0. The van der Waals surface area contributed by atoms with Gasteiger partial charge in [0.1, 0.15) is 6.42 Å². The lowest BCUT2D eigenvalue weighted by Crippen LogP contribution is -2.09. The van der Waals surface area contributed by atoms with E-state index in [2.05, 4.69) is 10.3 Å².